The average molecular weight is 330 g/mol. The van der Waals surface area contributed by atoms with Gasteiger partial charge in [0.1, 0.15) is 11.3 Å². The lowest BCUT2D eigenvalue weighted by molar-refractivity contribution is 0.0971. The lowest BCUT2D eigenvalue weighted by atomic mass is 10.3. The molecule has 120 valence electrons. The summed E-state index contributed by atoms with van der Waals surface area (Å²) in [6, 6.07) is 9.22. The van der Waals surface area contributed by atoms with Crippen molar-refractivity contribution < 1.29 is 13.9 Å². The number of carbonyl (C=O) groups excluding carboxylic acids is 1. The first-order valence-corrected chi connectivity index (χ1v) is 8.44. The molecule has 0 aliphatic rings. The van der Waals surface area contributed by atoms with Crippen LogP contribution in [0.4, 0.5) is 0 Å². The van der Waals surface area contributed by atoms with E-state index in [1.54, 1.807) is 12.1 Å². The van der Waals surface area contributed by atoms with E-state index < -0.39 is 0 Å². The van der Waals surface area contributed by atoms with Crippen molar-refractivity contribution in [3.8, 4) is 5.75 Å². The van der Waals surface area contributed by atoms with E-state index in [9.17, 15) is 4.79 Å². The fourth-order valence-corrected chi connectivity index (χ4v) is 3.50. The molecule has 0 bridgehead atoms. The molecule has 0 spiro atoms. The maximum Gasteiger partial charge on any atom is 0.315 e. The van der Waals surface area contributed by atoms with Crippen LogP contribution in [0.3, 0.4) is 0 Å². The molecule has 3 rings (SSSR count). The van der Waals surface area contributed by atoms with E-state index in [1.165, 1.54) is 17.6 Å². The van der Waals surface area contributed by atoms with E-state index in [0.29, 0.717) is 11.4 Å². The highest BCUT2D eigenvalue weighted by molar-refractivity contribution is 7.16. The van der Waals surface area contributed by atoms with Crippen molar-refractivity contribution in [1.82, 2.24) is 4.57 Å². The number of ether oxygens (including phenoxy) is 1. The van der Waals surface area contributed by atoms with E-state index in [2.05, 4.69) is 11.9 Å². The Bertz CT molecular complexity index is 875. The van der Waals surface area contributed by atoms with E-state index in [1.807, 2.05) is 29.7 Å². The van der Waals surface area contributed by atoms with Gasteiger partial charge in [-0.1, -0.05) is 24.3 Å². The molecule has 0 unspecified atom stereocenters. The zero-order chi connectivity index (χ0) is 16.2. The molecule has 1 amide bonds. The number of aryl methyl sites for hydroxylation is 1. The first kappa shape index (κ1) is 15.6. The van der Waals surface area contributed by atoms with Gasteiger partial charge in [0, 0.05) is 6.54 Å². The van der Waals surface area contributed by atoms with Gasteiger partial charge in [-0.25, -0.2) is 0 Å². The van der Waals surface area contributed by atoms with Gasteiger partial charge < -0.3 is 13.7 Å². The molecule has 0 saturated carbocycles. The predicted octanol–water partition coefficient (Wildman–Crippen LogP) is 3.85. The van der Waals surface area contributed by atoms with Crippen LogP contribution in [-0.4, -0.2) is 17.1 Å². The summed E-state index contributed by atoms with van der Waals surface area (Å²) in [6.45, 7) is 5.42. The lowest BCUT2D eigenvalue weighted by Crippen LogP contribution is -2.17. The van der Waals surface area contributed by atoms with Crippen LogP contribution in [0.2, 0.25) is 0 Å². The molecule has 3 aromatic rings. The third-order valence-electron chi connectivity index (χ3n) is 3.34. The highest BCUT2D eigenvalue weighted by Crippen LogP contribution is 2.27. The summed E-state index contributed by atoms with van der Waals surface area (Å²) in [5, 5.41) is 0. The normalized spacial score (nSPS) is 12.0. The number of nitrogens with zero attached hydrogens (tertiary/aromatic N) is 2. The molecule has 5 nitrogen and oxygen atoms in total. The number of carbonyl (C=O) groups is 1. The summed E-state index contributed by atoms with van der Waals surface area (Å²) in [5.41, 5.74) is 0.993. The van der Waals surface area contributed by atoms with Crippen molar-refractivity contribution in [3.05, 3.63) is 47.2 Å². The van der Waals surface area contributed by atoms with Crippen LogP contribution in [0.5, 0.6) is 5.75 Å². The number of thiazole rings is 1. The predicted molar refractivity (Wildman–Crippen MR) is 89.9 cm³/mol. The molecule has 1 aromatic carbocycles. The number of amides is 1. The minimum atomic E-state index is -0.371. The number of hydrogen-bond donors (Lipinski definition) is 0. The summed E-state index contributed by atoms with van der Waals surface area (Å²) in [4.78, 5) is 17.1. The van der Waals surface area contributed by atoms with Crippen molar-refractivity contribution >= 4 is 27.5 Å². The van der Waals surface area contributed by atoms with Crippen LogP contribution in [0.15, 0.2) is 46.0 Å². The highest BCUT2D eigenvalue weighted by atomic mass is 32.1. The number of rotatable bonds is 5. The van der Waals surface area contributed by atoms with Crippen LogP contribution in [0.25, 0.3) is 10.2 Å². The number of aromatic nitrogens is 1. The van der Waals surface area contributed by atoms with Crippen LogP contribution >= 0.6 is 11.3 Å². The van der Waals surface area contributed by atoms with Crippen LogP contribution in [0, 0.1) is 0 Å². The minimum absolute atomic E-state index is 0.246. The average Bonchev–Trinajstić information content (AvgIpc) is 3.17. The third-order valence-corrected chi connectivity index (χ3v) is 4.38. The fourth-order valence-electron chi connectivity index (χ4n) is 2.43. The summed E-state index contributed by atoms with van der Waals surface area (Å²) < 4.78 is 14.0. The van der Waals surface area contributed by atoms with E-state index >= 15 is 0 Å². The molecule has 2 heterocycles. The van der Waals surface area contributed by atoms with Crippen molar-refractivity contribution in [1.29, 1.82) is 0 Å². The molecule has 0 aliphatic carbocycles. The van der Waals surface area contributed by atoms with Crippen LogP contribution < -0.4 is 9.54 Å². The van der Waals surface area contributed by atoms with Gasteiger partial charge in [0.2, 0.25) is 0 Å². The van der Waals surface area contributed by atoms with Crippen molar-refractivity contribution in [2.24, 2.45) is 4.99 Å². The van der Waals surface area contributed by atoms with E-state index in [4.69, 9.17) is 9.15 Å². The summed E-state index contributed by atoms with van der Waals surface area (Å²) in [5.74, 6) is 0.696. The molecule has 0 radical (unpaired) electrons. The van der Waals surface area contributed by atoms with Crippen LogP contribution in [0.1, 0.15) is 30.8 Å². The zero-order valence-electron chi connectivity index (χ0n) is 13.1. The fraction of sp³-hybridized carbons (Fsp3) is 0.294. The van der Waals surface area contributed by atoms with Gasteiger partial charge in [0.15, 0.2) is 10.6 Å². The Kier molecular flexibility index (Phi) is 4.62. The Balaban J connectivity index is 2.18. The molecule has 0 saturated heterocycles. The second kappa shape index (κ2) is 6.83. The molecule has 0 N–H and O–H groups in total. The molecular formula is C17H18N2O3S. The van der Waals surface area contributed by atoms with Gasteiger partial charge in [0.05, 0.1) is 17.6 Å². The summed E-state index contributed by atoms with van der Waals surface area (Å²) in [7, 11) is 0. The second-order valence-electron chi connectivity index (χ2n) is 4.97. The van der Waals surface area contributed by atoms with E-state index in [0.717, 1.165) is 28.9 Å². The molecule has 0 atom stereocenters. The standard InChI is InChI=1S/C17H18N2O3S/c1-3-10-19-15-12(21-4-2)7-5-9-14(15)23-17(19)18-16(20)13-8-6-11-22-13/h5-9,11H,3-4,10H2,1-2H3. The maximum atomic E-state index is 12.2. The molecule has 2 aromatic heterocycles. The SMILES string of the molecule is CCCn1c(=NC(=O)c2ccco2)sc2cccc(OCC)c21. The molecule has 0 aliphatic heterocycles. The molecule has 0 fully saturated rings. The lowest BCUT2D eigenvalue weighted by Gasteiger charge is -2.08. The Hall–Kier alpha value is -2.34. The number of benzene rings is 1. The number of hydrogen-bond acceptors (Lipinski definition) is 4. The Morgan fingerprint density at radius 1 is 1.30 bits per heavy atom. The topological polar surface area (TPSA) is 56.7 Å². The molecule has 6 heteroatoms. The summed E-state index contributed by atoms with van der Waals surface area (Å²) >= 11 is 1.48. The molecule has 23 heavy (non-hydrogen) atoms. The minimum Gasteiger partial charge on any atom is -0.492 e. The van der Waals surface area contributed by atoms with Gasteiger partial charge in [-0.05, 0) is 37.6 Å². The number of fused-ring (bicyclic) bond motifs is 1. The summed E-state index contributed by atoms with van der Waals surface area (Å²) in [6.07, 6.45) is 2.41. The Labute approximate surface area is 137 Å². The highest BCUT2D eigenvalue weighted by Gasteiger charge is 2.13. The van der Waals surface area contributed by atoms with Gasteiger partial charge in [-0.2, -0.15) is 4.99 Å². The Morgan fingerprint density at radius 3 is 2.87 bits per heavy atom. The van der Waals surface area contributed by atoms with Crippen molar-refractivity contribution in [3.63, 3.8) is 0 Å². The quantitative estimate of drug-likeness (QED) is 0.714. The monoisotopic (exact) mass is 330 g/mol. The van der Waals surface area contributed by atoms with Gasteiger partial charge in [-0.3, -0.25) is 4.79 Å². The number of para-hydroxylation sites is 1. The number of furan rings is 1. The van der Waals surface area contributed by atoms with Crippen molar-refractivity contribution in [2.45, 2.75) is 26.8 Å². The molecular weight excluding hydrogens is 312 g/mol. The zero-order valence-corrected chi connectivity index (χ0v) is 13.9. The van der Waals surface area contributed by atoms with Crippen LogP contribution in [-0.2, 0) is 6.54 Å². The second-order valence-corrected chi connectivity index (χ2v) is 5.98. The smallest absolute Gasteiger partial charge is 0.315 e. The third kappa shape index (κ3) is 3.07. The van der Waals surface area contributed by atoms with Crippen molar-refractivity contribution in [2.75, 3.05) is 6.61 Å². The first-order valence-electron chi connectivity index (χ1n) is 7.62. The van der Waals surface area contributed by atoms with Gasteiger partial charge in [0.25, 0.3) is 0 Å². The largest absolute Gasteiger partial charge is 0.492 e. The maximum absolute atomic E-state index is 12.2. The van der Waals surface area contributed by atoms with Gasteiger partial charge in [-0.15, -0.1) is 0 Å². The van der Waals surface area contributed by atoms with Gasteiger partial charge >= 0.3 is 5.91 Å². The Morgan fingerprint density at radius 2 is 2.17 bits per heavy atom. The van der Waals surface area contributed by atoms with E-state index in [-0.39, 0.29) is 11.7 Å². The first-order chi connectivity index (χ1) is 11.2.